The lowest BCUT2D eigenvalue weighted by atomic mass is 10.1. The number of amides is 1. The molecule has 0 aliphatic carbocycles. The molecule has 2 unspecified atom stereocenters. The summed E-state index contributed by atoms with van der Waals surface area (Å²) in [5.74, 6) is -0.140. The summed E-state index contributed by atoms with van der Waals surface area (Å²) in [7, 11) is 1.78. The van der Waals surface area contributed by atoms with Crippen molar-refractivity contribution in [3.8, 4) is 0 Å². The van der Waals surface area contributed by atoms with Gasteiger partial charge in [0.2, 0.25) is 0 Å². The molecule has 1 rings (SSSR count). The summed E-state index contributed by atoms with van der Waals surface area (Å²) in [6, 6.07) is -0.0490. The van der Waals surface area contributed by atoms with Gasteiger partial charge in [-0.3, -0.25) is 9.48 Å². The standard InChI is InChI=1S/C11H19N3O2/c1-7(5-8(2)15)12-11(16)10-6-14(4)13-9(10)3/h6-8,15H,5H2,1-4H3,(H,12,16). The molecule has 0 saturated carbocycles. The third kappa shape index (κ3) is 3.34. The van der Waals surface area contributed by atoms with Gasteiger partial charge < -0.3 is 10.4 Å². The fourth-order valence-electron chi connectivity index (χ4n) is 1.69. The number of nitrogens with one attached hydrogen (secondary N) is 1. The average Bonchev–Trinajstić information content (AvgIpc) is 2.43. The molecule has 0 radical (unpaired) electrons. The van der Waals surface area contributed by atoms with E-state index < -0.39 is 6.10 Å². The highest BCUT2D eigenvalue weighted by Gasteiger charge is 2.15. The molecule has 0 saturated heterocycles. The van der Waals surface area contributed by atoms with Crippen molar-refractivity contribution in [1.82, 2.24) is 15.1 Å². The number of hydrogen-bond donors (Lipinski definition) is 2. The van der Waals surface area contributed by atoms with Crippen molar-refractivity contribution in [3.05, 3.63) is 17.5 Å². The first kappa shape index (κ1) is 12.7. The molecular weight excluding hydrogens is 206 g/mol. The predicted octanol–water partition coefficient (Wildman–Crippen LogP) is 0.618. The topological polar surface area (TPSA) is 67.2 Å². The summed E-state index contributed by atoms with van der Waals surface area (Å²) >= 11 is 0. The van der Waals surface area contributed by atoms with E-state index in [0.717, 1.165) is 0 Å². The van der Waals surface area contributed by atoms with Crippen LogP contribution in [0.1, 0.15) is 36.3 Å². The summed E-state index contributed by atoms with van der Waals surface area (Å²) < 4.78 is 1.61. The van der Waals surface area contributed by atoms with E-state index in [1.54, 1.807) is 31.8 Å². The number of rotatable bonds is 4. The minimum atomic E-state index is -0.412. The molecule has 0 aromatic carbocycles. The molecule has 2 atom stereocenters. The third-order valence-electron chi connectivity index (χ3n) is 2.33. The first-order chi connectivity index (χ1) is 7.40. The van der Waals surface area contributed by atoms with E-state index in [9.17, 15) is 9.90 Å². The van der Waals surface area contributed by atoms with Crippen LogP contribution in [0.2, 0.25) is 0 Å². The molecule has 0 spiro atoms. The number of carbonyl (C=O) groups is 1. The van der Waals surface area contributed by atoms with E-state index >= 15 is 0 Å². The second-order valence-electron chi connectivity index (χ2n) is 4.26. The van der Waals surface area contributed by atoms with Crippen LogP contribution in [0.25, 0.3) is 0 Å². The molecule has 90 valence electrons. The molecule has 1 aromatic rings. The maximum atomic E-state index is 11.8. The van der Waals surface area contributed by atoms with Gasteiger partial charge in [-0.2, -0.15) is 5.10 Å². The SMILES string of the molecule is Cc1nn(C)cc1C(=O)NC(C)CC(C)O. The van der Waals surface area contributed by atoms with E-state index in [0.29, 0.717) is 17.7 Å². The Bertz CT molecular complexity index is 371. The van der Waals surface area contributed by atoms with Crippen molar-refractivity contribution in [1.29, 1.82) is 0 Å². The smallest absolute Gasteiger partial charge is 0.254 e. The zero-order valence-electron chi connectivity index (χ0n) is 10.2. The number of aromatic nitrogens is 2. The van der Waals surface area contributed by atoms with E-state index in [4.69, 9.17) is 0 Å². The van der Waals surface area contributed by atoms with Crippen LogP contribution in [0.4, 0.5) is 0 Å². The van der Waals surface area contributed by atoms with Gasteiger partial charge in [0.25, 0.3) is 5.91 Å². The Balaban J connectivity index is 2.62. The van der Waals surface area contributed by atoms with Gasteiger partial charge in [0.1, 0.15) is 0 Å². The van der Waals surface area contributed by atoms with Gasteiger partial charge >= 0.3 is 0 Å². The van der Waals surface area contributed by atoms with Gasteiger partial charge in [-0.25, -0.2) is 0 Å². The van der Waals surface area contributed by atoms with Crippen LogP contribution in [0, 0.1) is 6.92 Å². The molecular formula is C11H19N3O2. The van der Waals surface area contributed by atoms with Crippen LogP contribution in [0.5, 0.6) is 0 Å². The lowest BCUT2D eigenvalue weighted by Crippen LogP contribution is -2.34. The first-order valence-electron chi connectivity index (χ1n) is 5.39. The number of carbonyl (C=O) groups excluding carboxylic acids is 1. The van der Waals surface area contributed by atoms with Gasteiger partial charge in [0, 0.05) is 19.3 Å². The minimum absolute atomic E-state index is 0.0490. The number of aliphatic hydroxyl groups excluding tert-OH is 1. The van der Waals surface area contributed by atoms with E-state index in [2.05, 4.69) is 10.4 Å². The fraction of sp³-hybridized carbons (Fsp3) is 0.636. The highest BCUT2D eigenvalue weighted by atomic mass is 16.3. The van der Waals surface area contributed by atoms with Crippen molar-refractivity contribution < 1.29 is 9.90 Å². The quantitative estimate of drug-likeness (QED) is 0.789. The fourth-order valence-corrected chi connectivity index (χ4v) is 1.69. The number of aliphatic hydroxyl groups is 1. The second-order valence-corrected chi connectivity index (χ2v) is 4.26. The summed E-state index contributed by atoms with van der Waals surface area (Å²) in [6.07, 6.45) is 1.83. The summed E-state index contributed by atoms with van der Waals surface area (Å²) in [4.78, 5) is 11.8. The Morgan fingerprint density at radius 2 is 2.25 bits per heavy atom. The maximum absolute atomic E-state index is 11.8. The largest absolute Gasteiger partial charge is 0.393 e. The van der Waals surface area contributed by atoms with E-state index in [1.807, 2.05) is 6.92 Å². The number of nitrogens with zero attached hydrogens (tertiary/aromatic N) is 2. The first-order valence-corrected chi connectivity index (χ1v) is 5.39. The van der Waals surface area contributed by atoms with Crippen LogP contribution < -0.4 is 5.32 Å². The zero-order valence-corrected chi connectivity index (χ0v) is 10.2. The third-order valence-corrected chi connectivity index (χ3v) is 2.33. The molecule has 5 nitrogen and oxygen atoms in total. The molecule has 1 amide bonds. The molecule has 5 heteroatoms. The maximum Gasteiger partial charge on any atom is 0.254 e. The van der Waals surface area contributed by atoms with Gasteiger partial charge in [0.15, 0.2) is 0 Å². The molecule has 16 heavy (non-hydrogen) atoms. The van der Waals surface area contributed by atoms with E-state index in [-0.39, 0.29) is 11.9 Å². The molecule has 0 aliphatic heterocycles. The van der Waals surface area contributed by atoms with Crippen LogP contribution in [0.3, 0.4) is 0 Å². The van der Waals surface area contributed by atoms with Crippen LogP contribution in [-0.2, 0) is 7.05 Å². The molecule has 1 heterocycles. The Morgan fingerprint density at radius 1 is 1.62 bits per heavy atom. The highest BCUT2D eigenvalue weighted by Crippen LogP contribution is 2.06. The Labute approximate surface area is 95.5 Å². The molecule has 0 fully saturated rings. The lowest BCUT2D eigenvalue weighted by molar-refractivity contribution is 0.0922. The second kappa shape index (κ2) is 5.12. The molecule has 0 bridgehead atoms. The monoisotopic (exact) mass is 225 g/mol. The number of hydrogen-bond acceptors (Lipinski definition) is 3. The van der Waals surface area contributed by atoms with Crippen molar-refractivity contribution in [2.24, 2.45) is 7.05 Å². The summed E-state index contributed by atoms with van der Waals surface area (Å²) in [6.45, 7) is 5.38. The van der Waals surface area contributed by atoms with Crippen molar-refractivity contribution in [3.63, 3.8) is 0 Å². The van der Waals surface area contributed by atoms with Gasteiger partial charge in [0.05, 0.1) is 17.4 Å². The normalized spacial score (nSPS) is 14.6. The number of aryl methyl sites for hydroxylation is 2. The molecule has 1 aromatic heterocycles. The average molecular weight is 225 g/mol. The van der Waals surface area contributed by atoms with Gasteiger partial charge in [-0.15, -0.1) is 0 Å². The van der Waals surface area contributed by atoms with Crippen molar-refractivity contribution in [2.75, 3.05) is 0 Å². The van der Waals surface area contributed by atoms with Crippen molar-refractivity contribution in [2.45, 2.75) is 39.3 Å². The predicted molar refractivity (Wildman–Crippen MR) is 61.2 cm³/mol. The van der Waals surface area contributed by atoms with Gasteiger partial charge in [-0.05, 0) is 27.2 Å². The molecule has 0 aliphatic rings. The van der Waals surface area contributed by atoms with E-state index in [1.165, 1.54) is 0 Å². The van der Waals surface area contributed by atoms with Crippen molar-refractivity contribution >= 4 is 5.91 Å². The summed E-state index contributed by atoms with van der Waals surface area (Å²) in [5, 5.41) is 16.1. The summed E-state index contributed by atoms with van der Waals surface area (Å²) in [5.41, 5.74) is 1.30. The zero-order chi connectivity index (χ0) is 12.3. The van der Waals surface area contributed by atoms with Crippen LogP contribution in [0.15, 0.2) is 6.20 Å². The van der Waals surface area contributed by atoms with Gasteiger partial charge in [-0.1, -0.05) is 0 Å². The van der Waals surface area contributed by atoms with Crippen LogP contribution >= 0.6 is 0 Å². The molecule has 2 N–H and O–H groups in total. The lowest BCUT2D eigenvalue weighted by Gasteiger charge is -2.14. The Morgan fingerprint density at radius 3 is 2.69 bits per heavy atom. The highest BCUT2D eigenvalue weighted by molar-refractivity contribution is 5.95. The minimum Gasteiger partial charge on any atom is -0.393 e. The Hall–Kier alpha value is -1.36. The Kier molecular flexibility index (Phi) is 4.06. The van der Waals surface area contributed by atoms with Crippen LogP contribution in [-0.4, -0.2) is 32.9 Å².